The molecule has 144 valence electrons. The van der Waals surface area contributed by atoms with Crippen molar-refractivity contribution in [3.8, 4) is 0 Å². The fourth-order valence-corrected chi connectivity index (χ4v) is 2.53. The van der Waals surface area contributed by atoms with Crippen LogP contribution >= 0.6 is 0 Å². The number of amides is 1. The fraction of sp³-hybridized carbons (Fsp3) is 0.118. The van der Waals surface area contributed by atoms with Crippen molar-refractivity contribution < 1.29 is 22.9 Å². The Morgan fingerprint density at radius 1 is 1.25 bits per heavy atom. The standard InChI is InChI=1S/C17H12F3N5O3/c18-17(19,20)16-22-13-6-1-2-7-14(13)24(16)10-15(26)23-21-9-11-4-3-5-12(8-11)25(27)28/h1-9H,10H2,(H,23,26). The van der Waals surface area contributed by atoms with E-state index in [9.17, 15) is 28.1 Å². The molecule has 0 aliphatic heterocycles. The average molecular weight is 391 g/mol. The van der Waals surface area contributed by atoms with E-state index in [0.717, 1.165) is 10.8 Å². The topological polar surface area (TPSA) is 102 Å². The van der Waals surface area contributed by atoms with Crippen molar-refractivity contribution in [3.05, 3.63) is 70.0 Å². The molecule has 0 bridgehead atoms. The first kappa shape index (κ1) is 19.0. The number of imidazole rings is 1. The van der Waals surface area contributed by atoms with Crippen LogP contribution in [0.4, 0.5) is 18.9 Å². The minimum absolute atomic E-state index is 0.114. The zero-order valence-corrected chi connectivity index (χ0v) is 14.1. The Hall–Kier alpha value is -3.76. The number of hydrogen-bond donors (Lipinski definition) is 1. The average Bonchev–Trinajstić information content (AvgIpc) is 3.01. The number of para-hydroxylation sites is 2. The maximum Gasteiger partial charge on any atom is 0.449 e. The number of nitro groups is 1. The van der Waals surface area contributed by atoms with Gasteiger partial charge in [-0.2, -0.15) is 18.3 Å². The molecule has 3 aromatic rings. The van der Waals surface area contributed by atoms with Crippen molar-refractivity contribution in [2.24, 2.45) is 5.10 Å². The number of halogens is 3. The van der Waals surface area contributed by atoms with Crippen LogP contribution in [0, 0.1) is 10.1 Å². The predicted octanol–water partition coefficient (Wildman–Crippen LogP) is 3.11. The molecule has 28 heavy (non-hydrogen) atoms. The molecule has 0 saturated heterocycles. The second-order valence-corrected chi connectivity index (χ2v) is 5.65. The summed E-state index contributed by atoms with van der Waals surface area (Å²) < 4.78 is 40.4. The van der Waals surface area contributed by atoms with Crippen LogP contribution in [0.15, 0.2) is 53.6 Å². The van der Waals surface area contributed by atoms with Crippen molar-refractivity contribution in [1.29, 1.82) is 0 Å². The zero-order chi connectivity index (χ0) is 20.3. The summed E-state index contributed by atoms with van der Waals surface area (Å²) in [4.78, 5) is 25.7. The number of benzene rings is 2. The SMILES string of the molecule is O=C(Cn1c(C(F)(F)F)nc2ccccc21)NN=Cc1cccc([N+](=O)[O-])c1. The molecule has 0 saturated carbocycles. The van der Waals surface area contributed by atoms with Crippen LogP contribution in [-0.4, -0.2) is 26.6 Å². The molecule has 1 aromatic heterocycles. The van der Waals surface area contributed by atoms with Gasteiger partial charge in [0.15, 0.2) is 0 Å². The van der Waals surface area contributed by atoms with E-state index in [1.165, 1.54) is 36.4 Å². The van der Waals surface area contributed by atoms with Gasteiger partial charge in [-0.15, -0.1) is 0 Å². The molecule has 0 unspecified atom stereocenters. The molecule has 0 radical (unpaired) electrons. The van der Waals surface area contributed by atoms with Gasteiger partial charge in [-0.1, -0.05) is 24.3 Å². The normalized spacial score (nSPS) is 11.8. The Morgan fingerprint density at radius 2 is 2.00 bits per heavy atom. The summed E-state index contributed by atoms with van der Waals surface area (Å²) in [6.45, 7) is -0.651. The van der Waals surface area contributed by atoms with Crippen molar-refractivity contribution in [2.75, 3.05) is 0 Å². The van der Waals surface area contributed by atoms with Crippen molar-refractivity contribution in [2.45, 2.75) is 12.7 Å². The number of carbonyl (C=O) groups excluding carboxylic acids is 1. The highest BCUT2D eigenvalue weighted by Gasteiger charge is 2.37. The highest BCUT2D eigenvalue weighted by Crippen LogP contribution is 2.31. The van der Waals surface area contributed by atoms with Gasteiger partial charge in [0.25, 0.3) is 11.6 Å². The van der Waals surface area contributed by atoms with E-state index in [0.29, 0.717) is 5.56 Å². The monoisotopic (exact) mass is 391 g/mol. The van der Waals surface area contributed by atoms with Gasteiger partial charge in [-0.25, -0.2) is 10.4 Å². The lowest BCUT2D eigenvalue weighted by molar-refractivity contribution is -0.384. The van der Waals surface area contributed by atoms with E-state index in [1.807, 2.05) is 0 Å². The van der Waals surface area contributed by atoms with E-state index in [1.54, 1.807) is 12.1 Å². The minimum atomic E-state index is -4.73. The highest BCUT2D eigenvalue weighted by atomic mass is 19.4. The number of carbonyl (C=O) groups is 1. The molecule has 0 aliphatic carbocycles. The number of alkyl halides is 3. The second kappa shape index (κ2) is 7.47. The van der Waals surface area contributed by atoms with Gasteiger partial charge in [0.05, 0.1) is 22.2 Å². The van der Waals surface area contributed by atoms with Gasteiger partial charge in [-0.05, 0) is 12.1 Å². The lowest BCUT2D eigenvalue weighted by Crippen LogP contribution is -2.26. The quantitative estimate of drug-likeness (QED) is 0.410. The number of nitro benzene ring substituents is 1. The molecule has 0 aliphatic rings. The largest absolute Gasteiger partial charge is 0.449 e. The van der Waals surface area contributed by atoms with Crippen LogP contribution in [0.2, 0.25) is 0 Å². The van der Waals surface area contributed by atoms with Crippen molar-refractivity contribution >= 4 is 28.8 Å². The van der Waals surface area contributed by atoms with Gasteiger partial charge >= 0.3 is 6.18 Å². The molecular weight excluding hydrogens is 379 g/mol. The fourth-order valence-electron chi connectivity index (χ4n) is 2.53. The number of hydrazone groups is 1. The zero-order valence-electron chi connectivity index (χ0n) is 14.1. The maximum absolute atomic E-state index is 13.2. The van der Waals surface area contributed by atoms with Gasteiger partial charge in [-0.3, -0.25) is 14.9 Å². The third-order valence-electron chi connectivity index (χ3n) is 3.69. The summed E-state index contributed by atoms with van der Waals surface area (Å²) >= 11 is 0. The van der Waals surface area contributed by atoms with Gasteiger partial charge < -0.3 is 4.57 Å². The molecule has 0 fully saturated rings. The number of hydrogen-bond acceptors (Lipinski definition) is 5. The molecule has 0 atom stereocenters. The molecule has 11 heteroatoms. The van der Waals surface area contributed by atoms with Crippen LogP contribution in [-0.2, 0) is 17.5 Å². The first-order chi connectivity index (χ1) is 13.3. The van der Waals surface area contributed by atoms with Gasteiger partial charge in [0.1, 0.15) is 6.54 Å². The van der Waals surface area contributed by atoms with Crippen LogP contribution in [0.5, 0.6) is 0 Å². The summed E-state index contributed by atoms with van der Waals surface area (Å²) in [7, 11) is 0. The van der Waals surface area contributed by atoms with E-state index >= 15 is 0 Å². The van der Waals surface area contributed by atoms with E-state index < -0.39 is 29.4 Å². The number of aromatic nitrogens is 2. The van der Waals surface area contributed by atoms with Gasteiger partial charge in [0, 0.05) is 17.7 Å². The third-order valence-corrected chi connectivity index (χ3v) is 3.69. The Labute approximate surface area is 155 Å². The molecule has 8 nitrogen and oxygen atoms in total. The van der Waals surface area contributed by atoms with Crippen LogP contribution in [0.1, 0.15) is 11.4 Å². The predicted molar refractivity (Wildman–Crippen MR) is 93.6 cm³/mol. The molecule has 0 spiro atoms. The minimum Gasteiger partial charge on any atom is -0.311 e. The number of non-ortho nitro benzene ring substituents is 1. The lowest BCUT2D eigenvalue weighted by atomic mass is 10.2. The van der Waals surface area contributed by atoms with Gasteiger partial charge in [0.2, 0.25) is 5.82 Å². The van der Waals surface area contributed by atoms with E-state index in [-0.39, 0.29) is 16.7 Å². The summed E-state index contributed by atoms with van der Waals surface area (Å²) in [6.07, 6.45) is -3.58. The summed E-state index contributed by atoms with van der Waals surface area (Å²) in [5, 5.41) is 14.4. The lowest BCUT2D eigenvalue weighted by Gasteiger charge is -2.10. The molecule has 3 rings (SSSR count). The summed E-state index contributed by atoms with van der Waals surface area (Å²) in [5.74, 6) is -2.00. The molecule has 1 heterocycles. The van der Waals surface area contributed by atoms with E-state index in [4.69, 9.17) is 0 Å². The van der Waals surface area contributed by atoms with Crippen LogP contribution in [0.3, 0.4) is 0 Å². The summed E-state index contributed by atoms with van der Waals surface area (Å²) in [6, 6.07) is 11.4. The molecule has 2 aromatic carbocycles. The van der Waals surface area contributed by atoms with Crippen LogP contribution < -0.4 is 5.43 Å². The second-order valence-electron chi connectivity index (χ2n) is 5.65. The Balaban J connectivity index is 1.77. The smallest absolute Gasteiger partial charge is 0.311 e. The van der Waals surface area contributed by atoms with Crippen molar-refractivity contribution in [1.82, 2.24) is 15.0 Å². The Bertz CT molecular complexity index is 1080. The highest BCUT2D eigenvalue weighted by molar-refractivity contribution is 5.84. The molecular formula is C17H12F3N5O3. The molecule has 1 amide bonds. The van der Waals surface area contributed by atoms with Crippen molar-refractivity contribution in [3.63, 3.8) is 0 Å². The number of rotatable bonds is 5. The summed E-state index contributed by atoms with van der Waals surface area (Å²) in [5.41, 5.74) is 2.57. The first-order valence-corrected chi connectivity index (χ1v) is 7.84. The van der Waals surface area contributed by atoms with E-state index in [2.05, 4.69) is 15.5 Å². The maximum atomic E-state index is 13.2. The first-order valence-electron chi connectivity index (χ1n) is 7.84. The third kappa shape index (κ3) is 4.14. The van der Waals surface area contributed by atoms with Crippen LogP contribution in [0.25, 0.3) is 11.0 Å². The molecule has 1 N–H and O–H groups in total. The number of nitrogens with one attached hydrogen (secondary N) is 1. The number of fused-ring (bicyclic) bond motifs is 1. The Kier molecular flexibility index (Phi) is 5.07. The number of nitrogens with zero attached hydrogens (tertiary/aromatic N) is 4. The Morgan fingerprint density at radius 3 is 2.71 bits per heavy atom.